The lowest BCUT2D eigenvalue weighted by Gasteiger charge is -2.06. The van der Waals surface area contributed by atoms with Gasteiger partial charge in [-0.2, -0.15) is 20.2 Å². The van der Waals surface area contributed by atoms with Crippen LogP contribution in [0.4, 0.5) is 17.6 Å². The Labute approximate surface area is 177 Å². The van der Waals surface area contributed by atoms with Crippen LogP contribution in [-0.4, -0.2) is 26.0 Å². The Morgan fingerprint density at radius 1 is 1.13 bits per heavy atom. The van der Waals surface area contributed by atoms with E-state index >= 15 is 0 Å². The second-order valence-corrected chi connectivity index (χ2v) is 6.21. The molecule has 2 heterocycles. The summed E-state index contributed by atoms with van der Waals surface area (Å²) in [5.41, 5.74) is 7.56. The number of nitriles is 1. The smallest absolute Gasteiger partial charge is 0.300 e. The highest BCUT2D eigenvalue weighted by molar-refractivity contribution is 5.89. The molecule has 0 saturated heterocycles. The van der Waals surface area contributed by atoms with Gasteiger partial charge < -0.3 is 20.6 Å². The zero-order valence-electron chi connectivity index (χ0n) is 16.5. The van der Waals surface area contributed by atoms with Crippen LogP contribution in [0.5, 0.6) is 0 Å². The minimum Gasteiger partial charge on any atom is -0.481 e. The number of nitrogens with zero attached hydrogens (tertiary/aromatic N) is 4. The molecule has 0 spiro atoms. The van der Waals surface area contributed by atoms with Crippen LogP contribution < -0.4 is 11.1 Å². The van der Waals surface area contributed by atoms with E-state index in [9.17, 15) is 5.26 Å². The van der Waals surface area contributed by atoms with E-state index < -0.39 is 5.97 Å². The van der Waals surface area contributed by atoms with Crippen molar-refractivity contribution in [3.05, 3.63) is 72.2 Å². The van der Waals surface area contributed by atoms with Gasteiger partial charge in [-0.3, -0.25) is 4.79 Å². The minimum absolute atomic E-state index is 0.0178. The van der Waals surface area contributed by atoms with Crippen LogP contribution in [0.3, 0.4) is 0 Å². The summed E-state index contributed by atoms with van der Waals surface area (Å²) in [6.07, 6.45) is 1.58. The fraction of sp³-hybridized carbons (Fsp3) is 0.0455. The van der Waals surface area contributed by atoms with E-state index in [-0.39, 0.29) is 23.3 Å². The van der Waals surface area contributed by atoms with Crippen LogP contribution in [0.2, 0.25) is 0 Å². The lowest BCUT2D eigenvalue weighted by atomic mass is 10.2. The molecule has 0 saturated carbocycles. The van der Waals surface area contributed by atoms with Crippen molar-refractivity contribution in [2.24, 2.45) is 0 Å². The Balaban J connectivity index is 0.000000628. The van der Waals surface area contributed by atoms with Crippen LogP contribution in [0.25, 0.3) is 22.6 Å². The number of para-hydroxylation sites is 2. The summed E-state index contributed by atoms with van der Waals surface area (Å²) >= 11 is 0. The van der Waals surface area contributed by atoms with Gasteiger partial charge in [0.1, 0.15) is 23.0 Å². The maximum absolute atomic E-state index is 9.57. The van der Waals surface area contributed by atoms with Gasteiger partial charge >= 0.3 is 0 Å². The number of carboxylic acids is 1. The third-order valence-electron chi connectivity index (χ3n) is 3.78. The first-order chi connectivity index (χ1) is 14.9. The number of rotatable bonds is 4. The normalized spacial score (nSPS) is 10.6. The zero-order chi connectivity index (χ0) is 22.2. The molecule has 31 heavy (non-hydrogen) atoms. The molecule has 0 aliphatic rings. The molecule has 0 atom stereocenters. The summed E-state index contributed by atoms with van der Waals surface area (Å²) in [4.78, 5) is 21.5. The van der Waals surface area contributed by atoms with Gasteiger partial charge in [-0.1, -0.05) is 36.4 Å². The number of benzene rings is 2. The van der Waals surface area contributed by atoms with Gasteiger partial charge in [-0.15, -0.1) is 0 Å². The molecule has 2 aromatic carbocycles. The summed E-state index contributed by atoms with van der Waals surface area (Å²) in [5, 5.41) is 21.0. The number of nitrogen functional groups attached to an aromatic ring is 1. The third-order valence-corrected chi connectivity index (χ3v) is 3.78. The van der Waals surface area contributed by atoms with E-state index in [1.807, 2.05) is 60.7 Å². The molecule has 0 aliphatic heterocycles. The van der Waals surface area contributed by atoms with Crippen LogP contribution in [-0.2, 0) is 4.79 Å². The molecule has 4 N–H and O–H groups in total. The van der Waals surface area contributed by atoms with E-state index in [0.29, 0.717) is 5.76 Å². The SMILES string of the molecule is CC(=O)O.N#C/C(=C\c1cc2ccccc2o1)c1nc(N)nc(Nc2ccccc2)n1. The number of aliphatic carboxylic acids is 1. The monoisotopic (exact) mass is 414 g/mol. The Kier molecular flexibility index (Phi) is 6.55. The Hall–Kier alpha value is -4.71. The largest absolute Gasteiger partial charge is 0.481 e. The third kappa shape index (κ3) is 5.88. The number of allylic oxidation sites excluding steroid dienone is 1. The first-order valence-corrected chi connectivity index (χ1v) is 9.08. The molecular formula is C22H18N6O3. The quantitative estimate of drug-likeness (QED) is 0.419. The fourth-order valence-electron chi connectivity index (χ4n) is 2.58. The summed E-state index contributed by atoms with van der Waals surface area (Å²) in [7, 11) is 0. The van der Waals surface area contributed by atoms with Gasteiger partial charge in [0.15, 0.2) is 5.82 Å². The summed E-state index contributed by atoms with van der Waals surface area (Å²) in [5.74, 6) is 0.145. The minimum atomic E-state index is -0.833. The van der Waals surface area contributed by atoms with Crippen molar-refractivity contribution >= 4 is 46.2 Å². The Bertz CT molecular complexity index is 1240. The van der Waals surface area contributed by atoms with Gasteiger partial charge in [-0.05, 0) is 24.3 Å². The molecule has 0 amide bonds. The second kappa shape index (κ2) is 9.67. The van der Waals surface area contributed by atoms with Crippen molar-refractivity contribution in [1.82, 2.24) is 15.0 Å². The van der Waals surface area contributed by atoms with Crippen molar-refractivity contribution in [2.75, 3.05) is 11.1 Å². The fourth-order valence-corrected chi connectivity index (χ4v) is 2.58. The number of nitrogens with two attached hydrogens (primary N) is 1. The van der Waals surface area contributed by atoms with E-state index in [1.54, 1.807) is 6.08 Å². The van der Waals surface area contributed by atoms with E-state index in [4.69, 9.17) is 20.1 Å². The van der Waals surface area contributed by atoms with Crippen molar-refractivity contribution in [2.45, 2.75) is 6.92 Å². The molecule has 0 fully saturated rings. The van der Waals surface area contributed by atoms with Gasteiger partial charge in [0, 0.05) is 24.1 Å². The molecule has 0 unspecified atom stereocenters. The molecule has 154 valence electrons. The summed E-state index contributed by atoms with van der Waals surface area (Å²) < 4.78 is 5.73. The lowest BCUT2D eigenvalue weighted by molar-refractivity contribution is -0.134. The van der Waals surface area contributed by atoms with E-state index in [1.165, 1.54) is 0 Å². The van der Waals surface area contributed by atoms with Crippen LogP contribution in [0.1, 0.15) is 18.5 Å². The van der Waals surface area contributed by atoms with Crippen molar-refractivity contribution in [3.8, 4) is 6.07 Å². The number of anilines is 3. The highest BCUT2D eigenvalue weighted by Crippen LogP contribution is 2.23. The highest BCUT2D eigenvalue weighted by atomic mass is 16.4. The van der Waals surface area contributed by atoms with Gasteiger partial charge in [0.25, 0.3) is 5.97 Å². The molecule has 0 aliphatic carbocycles. The summed E-state index contributed by atoms with van der Waals surface area (Å²) in [6.45, 7) is 1.08. The zero-order valence-corrected chi connectivity index (χ0v) is 16.5. The van der Waals surface area contributed by atoms with Gasteiger partial charge in [0.2, 0.25) is 11.9 Å². The topological polar surface area (TPSA) is 151 Å². The predicted octanol–water partition coefficient (Wildman–Crippen LogP) is 4.10. The molecule has 0 bridgehead atoms. The average molecular weight is 414 g/mol. The lowest BCUT2D eigenvalue weighted by Crippen LogP contribution is -2.06. The average Bonchev–Trinajstić information content (AvgIpc) is 3.14. The van der Waals surface area contributed by atoms with Gasteiger partial charge in [0.05, 0.1) is 0 Å². The molecule has 0 radical (unpaired) electrons. The number of carboxylic acid groups (broad SMARTS) is 1. The second-order valence-electron chi connectivity index (χ2n) is 6.21. The molecule has 2 aromatic heterocycles. The number of fused-ring (bicyclic) bond motifs is 1. The number of furan rings is 1. The molecule has 4 aromatic rings. The summed E-state index contributed by atoms with van der Waals surface area (Å²) in [6, 6.07) is 21.0. The van der Waals surface area contributed by atoms with Crippen molar-refractivity contribution in [1.29, 1.82) is 5.26 Å². The first kappa shape index (κ1) is 21.0. The van der Waals surface area contributed by atoms with Crippen LogP contribution in [0.15, 0.2) is 65.1 Å². The van der Waals surface area contributed by atoms with E-state index in [0.717, 1.165) is 23.6 Å². The number of carbonyl (C=O) groups is 1. The molecule has 9 heteroatoms. The maximum atomic E-state index is 9.57. The van der Waals surface area contributed by atoms with Crippen LogP contribution >= 0.6 is 0 Å². The molecule has 9 nitrogen and oxygen atoms in total. The maximum Gasteiger partial charge on any atom is 0.300 e. The number of hydrogen-bond acceptors (Lipinski definition) is 8. The van der Waals surface area contributed by atoms with Crippen molar-refractivity contribution in [3.63, 3.8) is 0 Å². The Morgan fingerprint density at radius 3 is 2.48 bits per heavy atom. The van der Waals surface area contributed by atoms with Gasteiger partial charge in [-0.25, -0.2) is 0 Å². The number of aromatic nitrogens is 3. The van der Waals surface area contributed by atoms with Crippen LogP contribution in [0, 0.1) is 11.3 Å². The molecule has 4 rings (SSSR count). The standard InChI is InChI=1S/C20H14N6O.C2H4O2/c21-12-14(11-16-10-13-6-4-5-9-17(13)27-16)18-24-19(22)26-20(25-18)23-15-7-2-1-3-8-15;1-2(3)4/h1-11H,(H3,22,23,24,25,26);1H3,(H,3,4)/b14-11+;. The predicted molar refractivity (Wildman–Crippen MR) is 117 cm³/mol. The Morgan fingerprint density at radius 2 is 1.81 bits per heavy atom. The first-order valence-electron chi connectivity index (χ1n) is 9.08. The number of nitrogens with one attached hydrogen (secondary N) is 1. The number of hydrogen-bond donors (Lipinski definition) is 3. The highest BCUT2D eigenvalue weighted by Gasteiger charge is 2.11. The molecular weight excluding hydrogens is 396 g/mol. The van der Waals surface area contributed by atoms with Crippen molar-refractivity contribution < 1.29 is 14.3 Å². The van der Waals surface area contributed by atoms with E-state index in [2.05, 4.69) is 26.3 Å².